The zero-order chi connectivity index (χ0) is 31.9. The molecule has 3 N–H and O–H groups in total. The molecule has 3 amide bonds. The Balaban J connectivity index is -0.000000578. The summed E-state index contributed by atoms with van der Waals surface area (Å²) in [6.07, 6.45) is 8.51. The SMILES string of the molecule is CCCN.CCCNC(=O)CCSSC.CS.O=C(CCSSc1ccccn1)ON1C(=O)CCC1=O.[2H][P+](P)=S. The predicted molar refractivity (Wildman–Crippen MR) is 188 cm³/mol. The van der Waals surface area contributed by atoms with E-state index in [-0.39, 0.29) is 25.2 Å². The highest BCUT2D eigenvalue weighted by atomic mass is 33.1. The van der Waals surface area contributed by atoms with E-state index in [0.29, 0.717) is 17.2 Å². The Bertz CT molecular complexity index is 832. The summed E-state index contributed by atoms with van der Waals surface area (Å²) < 4.78 is 6.43. The van der Waals surface area contributed by atoms with Gasteiger partial charge in [-0.25, -0.2) is 9.78 Å². The Hall–Kier alpha value is -0.110. The van der Waals surface area contributed by atoms with Crippen molar-refractivity contribution in [3.63, 3.8) is 0 Å². The van der Waals surface area contributed by atoms with Crippen LogP contribution < -0.4 is 11.1 Å². The maximum atomic E-state index is 11.5. The molecule has 1 aliphatic rings. The average Bonchev–Trinajstić information content (AvgIpc) is 3.28. The van der Waals surface area contributed by atoms with E-state index in [9.17, 15) is 19.2 Å². The molecule has 0 aliphatic carbocycles. The summed E-state index contributed by atoms with van der Waals surface area (Å²) in [4.78, 5) is 53.8. The number of amides is 3. The first kappa shape index (κ1) is 42.0. The van der Waals surface area contributed by atoms with Gasteiger partial charge in [0.1, 0.15) is 5.03 Å². The number of thiol groups is 1. The molecule has 1 aliphatic heterocycles. The Kier molecular flexibility index (Phi) is 36.9. The minimum atomic E-state index is -0.870. The van der Waals surface area contributed by atoms with Crippen LogP contribution in [0.5, 0.6) is 0 Å². The Morgan fingerprint density at radius 1 is 1.20 bits per heavy atom. The normalized spacial score (nSPS) is 12.0. The number of carbonyl (C=O) groups excluding carboxylic acids is 4. The molecule has 1 fully saturated rings. The van der Waals surface area contributed by atoms with E-state index in [2.05, 4.69) is 57.5 Å². The van der Waals surface area contributed by atoms with E-state index in [1.165, 1.54) is 21.6 Å². The standard InChI is InChI=1S/C12H12N2O4S2.C7H15NOS2.C3H9N.CH4S.H2P2S/c15-10-4-5-11(16)14(10)18-12(17)6-8-19-20-9-3-1-2-7-13-9;1-3-5-8-7(9)4-6-11-10-2;1-2-3-4;1-2;1-2-3/h1-3,7H,4-6,8H2;3-6H2,1-2H3,(H,8,9);2-4H2,1H3;2H,1H3;1H2/p+1/i/hD. The van der Waals surface area contributed by atoms with Crippen molar-refractivity contribution in [3.05, 3.63) is 24.4 Å². The summed E-state index contributed by atoms with van der Waals surface area (Å²) in [5.74, 6) is 0.0985. The first-order chi connectivity index (χ1) is 19.6. The molecule has 2 unspecified atom stereocenters. The summed E-state index contributed by atoms with van der Waals surface area (Å²) in [6.45, 7) is 4.87. The summed E-state index contributed by atoms with van der Waals surface area (Å²) >= 11 is 7.84. The van der Waals surface area contributed by atoms with E-state index >= 15 is 0 Å². The lowest BCUT2D eigenvalue weighted by Gasteiger charge is -2.12. The van der Waals surface area contributed by atoms with E-state index in [1.807, 2.05) is 24.5 Å². The van der Waals surface area contributed by atoms with Crippen molar-refractivity contribution in [2.24, 2.45) is 5.73 Å². The van der Waals surface area contributed by atoms with Crippen LogP contribution in [0.25, 0.3) is 0 Å². The Morgan fingerprint density at radius 3 is 2.25 bits per heavy atom. The molecule has 2 heterocycles. The van der Waals surface area contributed by atoms with Gasteiger partial charge in [-0.3, -0.25) is 14.4 Å². The second-order valence-electron chi connectivity index (χ2n) is 6.85. The van der Waals surface area contributed by atoms with Crippen molar-refractivity contribution < 1.29 is 24.0 Å². The molecule has 1 saturated heterocycles. The van der Waals surface area contributed by atoms with Gasteiger partial charge in [0.25, 0.3) is 11.8 Å². The van der Waals surface area contributed by atoms with Gasteiger partial charge in [-0.15, -0.1) is 5.06 Å². The van der Waals surface area contributed by atoms with Crippen molar-refractivity contribution in [2.45, 2.75) is 57.4 Å². The summed E-state index contributed by atoms with van der Waals surface area (Å²) in [5, 5.41) is 4.26. The van der Waals surface area contributed by atoms with Crippen molar-refractivity contribution in [1.82, 2.24) is 15.4 Å². The highest BCUT2D eigenvalue weighted by molar-refractivity contribution is 8.76. The molecular weight excluding hydrogens is 667 g/mol. The van der Waals surface area contributed by atoms with E-state index in [0.717, 1.165) is 36.7 Å². The lowest BCUT2D eigenvalue weighted by Crippen LogP contribution is -2.32. The number of nitrogens with two attached hydrogens (primary N) is 1. The molecule has 2 rings (SSSR count). The molecule has 9 nitrogen and oxygen atoms in total. The highest BCUT2D eigenvalue weighted by Crippen LogP contribution is 2.29. The monoisotopic (exact) mass is 710 g/mol. The summed E-state index contributed by atoms with van der Waals surface area (Å²) in [6, 6.07) is 5.59. The number of hydrogen-bond acceptors (Lipinski definition) is 13. The largest absolute Gasteiger partial charge is 0.356 e. The van der Waals surface area contributed by atoms with Crippen molar-refractivity contribution in [3.8, 4) is 0 Å². The number of nitrogens with zero attached hydrogens (tertiary/aromatic N) is 2. The maximum Gasteiger partial charge on any atom is 0.355 e. The van der Waals surface area contributed by atoms with Gasteiger partial charge < -0.3 is 15.9 Å². The molecule has 17 heteroatoms. The number of aromatic nitrogens is 1. The van der Waals surface area contributed by atoms with Gasteiger partial charge >= 0.3 is 7.25 Å². The van der Waals surface area contributed by atoms with Crippen molar-refractivity contribution in [1.29, 1.82) is 1.28 Å². The third-order valence-corrected chi connectivity index (χ3v) is 7.84. The van der Waals surface area contributed by atoms with Crippen LogP contribution in [-0.2, 0) is 35.8 Å². The molecule has 1 aromatic heterocycles. The lowest BCUT2D eigenvalue weighted by molar-refractivity contribution is -0.197. The van der Waals surface area contributed by atoms with Crippen LogP contribution >= 0.6 is 71.7 Å². The molecule has 0 aromatic carbocycles. The van der Waals surface area contributed by atoms with Gasteiger partial charge in [-0.05, 0) is 54.8 Å². The minimum absolute atomic E-state index is 0.108. The van der Waals surface area contributed by atoms with Gasteiger partial charge in [0, 0.05) is 43.5 Å². The topological polar surface area (TPSA) is 132 Å². The molecule has 40 heavy (non-hydrogen) atoms. The van der Waals surface area contributed by atoms with E-state index in [4.69, 9.17) is 11.8 Å². The van der Waals surface area contributed by atoms with E-state index < -0.39 is 24.8 Å². The molecule has 0 saturated carbocycles. The third kappa shape index (κ3) is 29.4. The van der Waals surface area contributed by atoms with Crippen LogP contribution in [0, 0.1) is 0 Å². The van der Waals surface area contributed by atoms with Gasteiger partial charge in [-0.1, -0.05) is 52.3 Å². The number of carbonyl (C=O) groups is 4. The van der Waals surface area contributed by atoms with Gasteiger partial charge in [0.15, 0.2) is 18.8 Å². The fraction of sp³-hybridized carbons (Fsp3) is 0.609. The van der Waals surface area contributed by atoms with Gasteiger partial charge in [0.05, 0.1) is 15.3 Å². The molecule has 0 bridgehead atoms. The lowest BCUT2D eigenvalue weighted by atomic mass is 10.4. The van der Waals surface area contributed by atoms with E-state index in [1.54, 1.807) is 34.0 Å². The molecule has 1 aromatic rings. The van der Waals surface area contributed by atoms with Crippen LogP contribution in [-0.4, -0.2) is 72.1 Å². The third-order valence-electron chi connectivity index (χ3n) is 3.76. The van der Waals surface area contributed by atoms with Crippen LogP contribution in [0.4, 0.5) is 0 Å². The first-order valence-corrected chi connectivity index (χ1v) is 21.6. The number of rotatable bonds is 13. The minimum Gasteiger partial charge on any atom is -0.356 e. The molecule has 0 radical (unpaired) electrons. The predicted octanol–water partition coefficient (Wildman–Crippen LogP) is 5.55. The smallest absolute Gasteiger partial charge is 0.355 e. The molecular formula is C23H43N4O5P2S6+. The average molecular weight is 711 g/mol. The second kappa shape index (κ2) is 35.1. The fourth-order valence-corrected chi connectivity index (χ4v) is 5.03. The number of hydrogen-bond donors (Lipinski definition) is 3. The molecule has 230 valence electrons. The fourth-order valence-electron chi connectivity index (χ4n) is 2.00. The highest BCUT2D eigenvalue weighted by Gasteiger charge is 2.32. The molecule has 2 atom stereocenters. The van der Waals surface area contributed by atoms with Gasteiger partial charge in [-0.2, -0.15) is 12.6 Å². The molecule has 0 spiro atoms. The summed E-state index contributed by atoms with van der Waals surface area (Å²) in [7, 11) is 8.55. The number of imide groups is 1. The van der Waals surface area contributed by atoms with Crippen LogP contribution in [0.2, 0.25) is 0 Å². The number of pyridine rings is 1. The number of nitrogens with one attached hydrogen (secondary N) is 1. The zero-order valence-electron chi connectivity index (χ0n) is 24.4. The summed E-state index contributed by atoms with van der Waals surface area (Å²) in [5.41, 5.74) is 5.03. The Morgan fingerprint density at radius 2 is 1.77 bits per heavy atom. The quantitative estimate of drug-likeness (QED) is 0.0780. The van der Waals surface area contributed by atoms with Crippen molar-refractivity contribution >= 4 is 107 Å². The van der Waals surface area contributed by atoms with Crippen LogP contribution in [0.3, 0.4) is 0 Å². The zero-order valence-corrected chi connectivity index (χ0v) is 30.4. The second-order valence-corrected chi connectivity index (χ2v) is 14.7. The van der Waals surface area contributed by atoms with Crippen LogP contribution in [0.1, 0.15) is 52.4 Å². The van der Waals surface area contributed by atoms with Crippen molar-refractivity contribution in [2.75, 3.05) is 37.1 Å². The first-order valence-electron chi connectivity index (χ1n) is 12.6. The Labute approximate surface area is 271 Å². The van der Waals surface area contributed by atoms with Gasteiger partial charge in [0.2, 0.25) is 5.91 Å². The number of hydroxylamine groups is 2. The van der Waals surface area contributed by atoms with Crippen LogP contribution in [0.15, 0.2) is 29.4 Å². The maximum absolute atomic E-state index is 11.5.